The molecule has 1 aliphatic rings. The molecule has 1 aromatic heterocycles. The Morgan fingerprint density at radius 3 is 2.00 bits per heavy atom. The Morgan fingerprint density at radius 1 is 1.04 bits per heavy atom. The van der Waals surface area contributed by atoms with Crippen molar-refractivity contribution in [3.8, 4) is 0 Å². The van der Waals surface area contributed by atoms with Crippen molar-refractivity contribution < 1.29 is 30.4 Å². The molecule has 1 heterocycles. The van der Waals surface area contributed by atoms with E-state index in [0.29, 0.717) is 9.58 Å². The number of halogens is 7. The van der Waals surface area contributed by atoms with E-state index in [1.807, 2.05) is 26.0 Å². The van der Waals surface area contributed by atoms with Crippen LogP contribution in [0.25, 0.3) is 10.1 Å². The van der Waals surface area contributed by atoms with E-state index in [4.69, 9.17) is 0 Å². The SMILES string of the molecule is CC(C)c1ccc2cc(C3CCC3)[s+](C(F)(F)F)c2c1.F[B-](F)(F)F. The molecular weight excluding hydrogens is 368 g/mol. The zero-order valence-electron chi connectivity index (χ0n) is 13.7. The van der Waals surface area contributed by atoms with E-state index >= 15 is 0 Å². The maximum absolute atomic E-state index is 13.5. The molecule has 1 atom stereocenters. The van der Waals surface area contributed by atoms with Crippen LogP contribution in [0.5, 0.6) is 0 Å². The maximum atomic E-state index is 13.5. The smallest absolute Gasteiger partial charge is 0.418 e. The van der Waals surface area contributed by atoms with E-state index in [2.05, 4.69) is 0 Å². The van der Waals surface area contributed by atoms with Crippen LogP contribution < -0.4 is 0 Å². The van der Waals surface area contributed by atoms with Crippen LogP contribution in [0.2, 0.25) is 0 Å². The Balaban J connectivity index is 0.000000399. The van der Waals surface area contributed by atoms with Gasteiger partial charge in [0.2, 0.25) is 0 Å². The fourth-order valence-corrected chi connectivity index (χ4v) is 4.98. The number of benzene rings is 1. The van der Waals surface area contributed by atoms with E-state index in [1.165, 1.54) is 0 Å². The Labute approximate surface area is 144 Å². The largest absolute Gasteiger partial charge is 0.673 e. The monoisotopic (exact) mass is 386 g/mol. The van der Waals surface area contributed by atoms with Gasteiger partial charge >= 0.3 is 12.8 Å². The van der Waals surface area contributed by atoms with Crippen molar-refractivity contribution in [3.05, 3.63) is 34.7 Å². The highest BCUT2D eigenvalue weighted by Crippen LogP contribution is 2.56. The molecule has 3 rings (SSSR count). The number of thiophene rings is 1. The molecule has 1 unspecified atom stereocenters. The quantitative estimate of drug-likeness (QED) is 0.281. The van der Waals surface area contributed by atoms with Crippen LogP contribution in [0.15, 0.2) is 24.3 Å². The molecule has 0 amide bonds. The molecule has 0 N–H and O–H groups in total. The summed E-state index contributed by atoms with van der Waals surface area (Å²) < 4.78 is 80.0. The van der Waals surface area contributed by atoms with Crippen LogP contribution in [0, 0.1) is 0 Å². The van der Waals surface area contributed by atoms with Gasteiger partial charge in [0.25, 0.3) is 0 Å². The van der Waals surface area contributed by atoms with Crippen molar-refractivity contribution in [2.24, 2.45) is 0 Å². The van der Waals surface area contributed by atoms with E-state index in [1.54, 1.807) is 12.1 Å². The number of hydrogen-bond acceptors (Lipinski definition) is 0. The first kappa shape index (κ1) is 20.1. The molecule has 9 heteroatoms. The third-order valence-electron chi connectivity index (χ3n) is 4.20. The average Bonchev–Trinajstić information content (AvgIpc) is 2.71. The first-order chi connectivity index (χ1) is 11.4. The van der Waals surface area contributed by atoms with Gasteiger partial charge in [0.05, 0.1) is 10.5 Å². The van der Waals surface area contributed by atoms with Gasteiger partial charge in [-0.3, -0.25) is 0 Å². The number of alkyl halides is 3. The molecule has 1 aliphatic carbocycles. The van der Waals surface area contributed by atoms with Crippen LogP contribution in [0.3, 0.4) is 0 Å². The van der Waals surface area contributed by atoms with Crippen LogP contribution >= 0.6 is 10.5 Å². The van der Waals surface area contributed by atoms with Crippen LogP contribution in [0.1, 0.15) is 55.4 Å². The van der Waals surface area contributed by atoms with Crippen molar-refractivity contribution in [2.45, 2.75) is 50.5 Å². The summed E-state index contributed by atoms with van der Waals surface area (Å²) in [6, 6.07) is 7.41. The lowest BCUT2D eigenvalue weighted by Gasteiger charge is -2.21. The van der Waals surface area contributed by atoms with Crippen molar-refractivity contribution >= 4 is 27.8 Å². The van der Waals surface area contributed by atoms with Crippen molar-refractivity contribution in [1.29, 1.82) is 0 Å². The molecule has 2 aromatic rings. The molecule has 1 fully saturated rings. The van der Waals surface area contributed by atoms with Gasteiger partial charge in [-0.25, -0.2) is 0 Å². The fourth-order valence-electron chi connectivity index (χ4n) is 2.78. The van der Waals surface area contributed by atoms with E-state index in [9.17, 15) is 30.4 Å². The summed E-state index contributed by atoms with van der Waals surface area (Å²) in [6.45, 7) is 4.03. The zero-order chi connectivity index (χ0) is 19.0. The fraction of sp³-hybridized carbons (Fsp3) is 0.500. The van der Waals surface area contributed by atoms with Gasteiger partial charge in [0.15, 0.2) is 9.58 Å². The minimum atomic E-state index is -6.00. The minimum absolute atomic E-state index is 0.148. The van der Waals surface area contributed by atoms with Crippen molar-refractivity contribution in [3.63, 3.8) is 0 Å². The van der Waals surface area contributed by atoms with E-state index in [0.717, 1.165) is 30.2 Å². The topological polar surface area (TPSA) is 0 Å². The van der Waals surface area contributed by atoms with Crippen molar-refractivity contribution in [2.75, 3.05) is 0 Å². The third kappa shape index (κ3) is 5.12. The molecule has 0 saturated heterocycles. The number of hydrogen-bond donors (Lipinski definition) is 0. The first-order valence-electron chi connectivity index (χ1n) is 7.92. The van der Waals surface area contributed by atoms with Gasteiger partial charge in [-0.15, -0.1) is 13.2 Å². The Hall–Kier alpha value is -1.25. The number of rotatable bonds is 2. The van der Waals surface area contributed by atoms with E-state index < -0.39 is 23.2 Å². The molecular formula is C16H18BF7S. The Bertz CT molecular complexity index is 720. The summed E-state index contributed by atoms with van der Waals surface area (Å²) in [5.74, 6) is 0.404. The zero-order valence-corrected chi connectivity index (χ0v) is 14.5. The molecule has 0 nitrogen and oxygen atoms in total. The minimum Gasteiger partial charge on any atom is -0.418 e. The predicted molar refractivity (Wildman–Crippen MR) is 88.6 cm³/mol. The normalized spacial score (nSPS) is 16.6. The first-order valence-corrected chi connectivity index (χ1v) is 9.14. The molecule has 0 bridgehead atoms. The highest BCUT2D eigenvalue weighted by atomic mass is 32.2. The van der Waals surface area contributed by atoms with Gasteiger partial charge in [-0.1, -0.05) is 26.3 Å². The van der Waals surface area contributed by atoms with E-state index in [-0.39, 0.29) is 11.8 Å². The van der Waals surface area contributed by atoms with Crippen molar-refractivity contribution in [1.82, 2.24) is 0 Å². The highest BCUT2D eigenvalue weighted by molar-refractivity contribution is 7.38. The summed E-state index contributed by atoms with van der Waals surface area (Å²) in [7, 11) is -7.70. The second-order valence-electron chi connectivity index (χ2n) is 6.37. The van der Waals surface area contributed by atoms with Crippen LogP contribution in [0.4, 0.5) is 30.4 Å². The predicted octanol–water partition coefficient (Wildman–Crippen LogP) is 7.76. The van der Waals surface area contributed by atoms with Gasteiger partial charge in [-0.2, -0.15) is 0 Å². The molecule has 1 saturated carbocycles. The Kier molecular flexibility index (Phi) is 5.76. The third-order valence-corrected chi connectivity index (χ3v) is 6.38. The Morgan fingerprint density at radius 2 is 1.60 bits per heavy atom. The molecule has 0 radical (unpaired) electrons. The lowest BCUT2D eigenvalue weighted by molar-refractivity contribution is -0.0868. The van der Waals surface area contributed by atoms with Crippen LogP contribution in [-0.4, -0.2) is 7.25 Å². The summed E-state index contributed by atoms with van der Waals surface area (Å²) in [5, 5.41) is 0.775. The summed E-state index contributed by atoms with van der Waals surface area (Å²) >= 11 is 0. The standard InChI is InChI=1S/C16H18F3S.BF4/c1-10(2)12-6-7-13-9-14(11-4-3-5-11)20(15(13)8-12)16(17,18)19;2-1(3,4)5/h6-11H,3-5H2,1-2H3;/q+1;-1. The highest BCUT2D eigenvalue weighted by Gasteiger charge is 2.50. The lowest BCUT2D eigenvalue weighted by Crippen LogP contribution is -2.10. The summed E-state index contributed by atoms with van der Waals surface area (Å²) in [6.07, 6.45) is 2.89. The van der Waals surface area contributed by atoms with Gasteiger partial charge in [-0.05, 0) is 30.4 Å². The lowest BCUT2D eigenvalue weighted by atomic mass is 9.84. The molecule has 140 valence electrons. The van der Waals surface area contributed by atoms with Gasteiger partial charge < -0.3 is 17.3 Å². The second-order valence-corrected chi connectivity index (χ2v) is 8.36. The average molecular weight is 386 g/mol. The van der Waals surface area contributed by atoms with Gasteiger partial charge in [0, 0.05) is 23.4 Å². The second kappa shape index (κ2) is 7.17. The summed E-state index contributed by atoms with van der Waals surface area (Å²) in [4.78, 5) is 0.625. The molecule has 0 spiro atoms. The van der Waals surface area contributed by atoms with Crippen LogP contribution in [-0.2, 0) is 5.51 Å². The summed E-state index contributed by atoms with van der Waals surface area (Å²) in [5.41, 5.74) is -3.16. The van der Waals surface area contributed by atoms with Gasteiger partial charge in [0.1, 0.15) is 0 Å². The molecule has 1 aromatic carbocycles. The number of fused-ring (bicyclic) bond motifs is 1. The molecule has 25 heavy (non-hydrogen) atoms. The maximum Gasteiger partial charge on any atom is 0.673 e. The molecule has 0 aliphatic heterocycles.